The van der Waals surface area contributed by atoms with Crippen LogP contribution in [0.5, 0.6) is 0 Å². The number of carbonyl (C=O) groups excluding carboxylic acids is 1. The van der Waals surface area contributed by atoms with Crippen LogP contribution in [0.3, 0.4) is 0 Å². The van der Waals surface area contributed by atoms with E-state index in [1.165, 1.54) is 0 Å². The third-order valence-corrected chi connectivity index (χ3v) is 5.97. The Morgan fingerprint density at radius 1 is 1.10 bits per heavy atom. The minimum atomic E-state index is -0.793. The molecule has 5 nitrogen and oxygen atoms in total. The summed E-state index contributed by atoms with van der Waals surface area (Å²) in [5, 5.41) is 0. The van der Waals surface area contributed by atoms with Gasteiger partial charge >= 0.3 is 5.97 Å². The molecule has 5 fully saturated rings. The number of fused-ring (bicyclic) bond motifs is 2. The Bertz CT molecular complexity index is 452. The molecule has 5 rings (SSSR count). The first-order valence-electron chi connectivity index (χ1n) is 7.71. The van der Waals surface area contributed by atoms with Crippen molar-refractivity contribution in [1.82, 2.24) is 0 Å². The summed E-state index contributed by atoms with van der Waals surface area (Å²) in [6, 6.07) is 0. The second-order valence-corrected chi connectivity index (χ2v) is 7.14. The second kappa shape index (κ2) is 3.96. The third kappa shape index (κ3) is 1.46. The minimum absolute atomic E-state index is 0.123. The molecule has 0 aromatic heterocycles. The Morgan fingerprint density at radius 3 is 2.70 bits per heavy atom. The van der Waals surface area contributed by atoms with Gasteiger partial charge in [0, 0.05) is 18.3 Å². The van der Waals surface area contributed by atoms with Crippen molar-refractivity contribution in [1.29, 1.82) is 0 Å². The summed E-state index contributed by atoms with van der Waals surface area (Å²) in [5.74, 6) is -0.137. The summed E-state index contributed by atoms with van der Waals surface area (Å²) in [4.78, 5) is 23.7. The molecule has 4 aliphatic heterocycles. The van der Waals surface area contributed by atoms with E-state index in [1.807, 2.05) is 13.8 Å². The smallest absolute Gasteiger partial charge is 0.311 e. The van der Waals surface area contributed by atoms with Crippen LogP contribution in [-0.2, 0) is 24.0 Å². The Kier molecular flexibility index (Phi) is 2.58. The van der Waals surface area contributed by atoms with Crippen LogP contribution in [0.1, 0.15) is 46.5 Å². The van der Waals surface area contributed by atoms with E-state index >= 15 is 0 Å². The largest absolute Gasteiger partial charge is 0.432 e. The first-order chi connectivity index (χ1) is 9.46. The van der Waals surface area contributed by atoms with Crippen molar-refractivity contribution < 1.29 is 24.0 Å². The van der Waals surface area contributed by atoms with Crippen molar-refractivity contribution >= 4 is 5.97 Å². The number of ether oxygens (including phenoxy) is 2. The summed E-state index contributed by atoms with van der Waals surface area (Å²) < 4.78 is 11.6. The maximum atomic E-state index is 12.1. The van der Waals surface area contributed by atoms with Crippen LogP contribution < -0.4 is 0 Å². The lowest BCUT2D eigenvalue weighted by molar-refractivity contribution is -0.559. The molecule has 20 heavy (non-hydrogen) atoms. The van der Waals surface area contributed by atoms with E-state index in [9.17, 15) is 4.79 Å². The van der Waals surface area contributed by atoms with E-state index in [-0.39, 0.29) is 17.8 Å². The standard InChI is InChI=1S/C15H22O5/c1-8-4-5-11-9(2)12(16)17-13-15(11)10(8)6-7-14(3,18-13)19-20-15/h8-11,13H,4-7H2,1-3H3/t8-,9-,10?,11+,13?,14+,15-/m1/s1. The van der Waals surface area contributed by atoms with Crippen molar-refractivity contribution in [3.05, 3.63) is 0 Å². The molecular formula is C15H22O5. The Labute approximate surface area is 118 Å². The van der Waals surface area contributed by atoms with Crippen LogP contribution in [0.4, 0.5) is 0 Å². The third-order valence-electron chi connectivity index (χ3n) is 5.97. The van der Waals surface area contributed by atoms with E-state index in [2.05, 4.69) is 6.92 Å². The number of esters is 1. The SMILES string of the molecule is C[C@@H]1CC[C@H]2[C@@H](C)C(=O)OC3O[C@]4(C)CCC1[C@]32OO4. The molecule has 2 bridgehead atoms. The van der Waals surface area contributed by atoms with Gasteiger partial charge in [-0.25, -0.2) is 9.78 Å². The maximum Gasteiger partial charge on any atom is 0.311 e. The van der Waals surface area contributed by atoms with Crippen LogP contribution in [0.15, 0.2) is 0 Å². The molecule has 2 unspecified atom stereocenters. The van der Waals surface area contributed by atoms with Gasteiger partial charge in [0.15, 0.2) is 5.60 Å². The molecule has 4 heterocycles. The van der Waals surface area contributed by atoms with Crippen LogP contribution in [0, 0.1) is 23.7 Å². The highest BCUT2D eigenvalue weighted by Gasteiger charge is 2.69. The zero-order valence-corrected chi connectivity index (χ0v) is 12.3. The fourth-order valence-electron chi connectivity index (χ4n) is 4.76. The van der Waals surface area contributed by atoms with Gasteiger partial charge in [-0.1, -0.05) is 13.8 Å². The first-order valence-corrected chi connectivity index (χ1v) is 7.71. The second-order valence-electron chi connectivity index (χ2n) is 7.14. The van der Waals surface area contributed by atoms with E-state index in [4.69, 9.17) is 19.2 Å². The number of hydrogen-bond acceptors (Lipinski definition) is 5. The lowest BCUT2D eigenvalue weighted by atomic mass is 9.58. The molecule has 5 heteroatoms. The molecule has 7 atom stereocenters. The van der Waals surface area contributed by atoms with Crippen LogP contribution in [0.2, 0.25) is 0 Å². The Hall–Kier alpha value is -0.650. The predicted molar refractivity (Wildman–Crippen MR) is 68.0 cm³/mol. The molecule has 112 valence electrons. The topological polar surface area (TPSA) is 54.0 Å². The number of hydrogen-bond donors (Lipinski definition) is 0. The fraction of sp³-hybridized carbons (Fsp3) is 0.933. The molecule has 1 aliphatic carbocycles. The summed E-state index contributed by atoms with van der Waals surface area (Å²) in [7, 11) is 0. The van der Waals surface area contributed by atoms with Gasteiger partial charge in [-0.05, 0) is 32.1 Å². The summed E-state index contributed by atoms with van der Waals surface area (Å²) in [6.07, 6.45) is 3.24. The first kappa shape index (κ1) is 13.0. The van der Waals surface area contributed by atoms with Gasteiger partial charge in [0.05, 0.1) is 5.92 Å². The van der Waals surface area contributed by atoms with Gasteiger partial charge in [0.1, 0.15) is 0 Å². The van der Waals surface area contributed by atoms with Gasteiger partial charge in [-0.3, -0.25) is 4.79 Å². The molecular weight excluding hydrogens is 260 g/mol. The quantitative estimate of drug-likeness (QED) is 0.504. The van der Waals surface area contributed by atoms with Crippen LogP contribution in [0.25, 0.3) is 0 Å². The lowest BCUT2D eigenvalue weighted by Gasteiger charge is -2.57. The van der Waals surface area contributed by atoms with E-state index in [0.717, 1.165) is 25.7 Å². The summed E-state index contributed by atoms with van der Waals surface area (Å²) in [6.45, 7) is 6.06. The van der Waals surface area contributed by atoms with Crippen molar-refractivity contribution in [3.8, 4) is 0 Å². The highest BCUT2D eigenvalue weighted by molar-refractivity contribution is 5.74. The van der Waals surface area contributed by atoms with Crippen LogP contribution >= 0.6 is 0 Å². The molecule has 0 amide bonds. The van der Waals surface area contributed by atoms with Gasteiger partial charge in [0.25, 0.3) is 0 Å². The molecule has 4 saturated heterocycles. The van der Waals surface area contributed by atoms with Crippen molar-refractivity contribution in [2.75, 3.05) is 0 Å². The normalized spacial score (nSPS) is 57.8. The monoisotopic (exact) mass is 282 g/mol. The maximum absolute atomic E-state index is 12.1. The van der Waals surface area contributed by atoms with E-state index in [1.54, 1.807) is 0 Å². The highest BCUT2D eigenvalue weighted by atomic mass is 17.3. The van der Waals surface area contributed by atoms with E-state index < -0.39 is 17.7 Å². The van der Waals surface area contributed by atoms with Crippen molar-refractivity contribution in [2.45, 2.75) is 64.1 Å². The molecule has 1 saturated carbocycles. The van der Waals surface area contributed by atoms with Crippen LogP contribution in [-0.4, -0.2) is 23.6 Å². The van der Waals surface area contributed by atoms with Gasteiger partial charge < -0.3 is 9.47 Å². The molecule has 1 spiro atoms. The summed E-state index contributed by atoms with van der Waals surface area (Å²) in [5.41, 5.74) is -0.610. The van der Waals surface area contributed by atoms with Gasteiger partial charge in [-0.15, -0.1) is 0 Å². The zero-order chi connectivity index (χ0) is 14.1. The molecule has 0 aromatic rings. The lowest BCUT2D eigenvalue weighted by Crippen LogP contribution is -2.69. The minimum Gasteiger partial charge on any atom is -0.432 e. The average Bonchev–Trinajstić information content (AvgIpc) is 2.63. The van der Waals surface area contributed by atoms with Crippen molar-refractivity contribution in [2.24, 2.45) is 23.7 Å². The van der Waals surface area contributed by atoms with E-state index in [0.29, 0.717) is 11.8 Å². The molecule has 0 aromatic carbocycles. The highest BCUT2D eigenvalue weighted by Crippen LogP contribution is 2.59. The van der Waals surface area contributed by atoms with Gasteiger partial charge in [-0.2, -0.15) is 0 Å². The molecule has 0 radical (unpaired) electrons. The summed E-state index contributed by atoms with van der Waals surface area (Å²) >= 11 is 0. The number of rotatable bonds is 0. The number of carbonyl (C=O) groups is 1. The Morgan fingerprint density at radius 2 is 1.90 bits per heavy atom. The predicted octanol–water partition coefficient (Wildman–Crippen LogP) is 2.39. The fourth-order valence-corrected chi connectivity index (χ4v) is 4.76. The Balaban J connectivity index is 1.84. The molecule has 5 aliphatic rings. The zero-order valence-electron chi connectivity index (χ0n) is 12.3. The average molecular weight is 282 g/mol. The van der Waals surface area contributed by atoms with Crippen molar-refractivity contribution in [3.63, 3.8) is 0 Å². The van der Waals surface area contributed by atoms with Gasteiger partial charge in [0.2, 0.25) is 12.1 Å². The molecule has 0 N–H and O–H groups in total.